The Hall–Kier alpha value is -4.13. The van der Waals surface area contributed by atoms with E-state index in [-0.39, 0.29) is 24.1 Å². The normalized spacial score (nSPS) is 15.1. The molecule has 34 heavy (non-hydrogen) atoms. The molecule has 1 heterocycles. The summed E-state index contributed by atoms with van der Waals surface area (Å²) in [6.07, 6.45) is 0.972. The number of likely N-dealkylation sites (tertiary alicyclic amines) is 1. The number of methoxy groups -OCH3 is 1. The van der Waals surface area contributed by atoms with Crippen molar-refractivity contribution in [3.63, 3.8) is 0 Å². The van der Waals surface area contributed by atoms with Crippen LogP contribution in [0.25, 0.3) is 0 Å². The molecule has 2 N–H and O–H groups in total. The van der Waals surface area contributed by atoms with Gasteiger partial charge in [0, 0.05) is 30.8 Å². The Morgan fingerprint density at radius 2 is 1.65 bits per heavy atom. The Kier molecular flexibility index (Phi) is 7.22. The molecule has 1 aliphatic heterocycles. The summed E-state index contributed by atoms with van der Waals surface area (Å²) in [5, 5.41) is 5.69. The molecular formula is C27H27N3O4. The Balaban J connectivity index is 1.30. The minimum absolute atomic E-state index is 0.000518. The second-order valence-corrected chi connectivity index (χ2v) is 8.20. The fourth-order valence-corrected chi connectivity index (χ4v) is 3.96. The minimum Gasteiger partial charge on any atom is -0.495 e. The van der Waals surface area contributed by atoms with Gasteiger partial charge in [-0.1, -0.05) is 42.5 Å². The molecule has 0 saturated carbocycles. The van der Waals surface area contributed by atoms with Crippen molar-refractivity contribution >= 4 is 29.1 Å². The summed E-state index contributed by atoms with van der Waals surface area (Å²) in [6, 6.07) is 23.8. The number of carbonyl (C=O) groups is 3. The number of nitrogens with one attached hydrogen (secondary N) is 2. The van der Waals surface area contributed by atoms with Crippen LogP contribution in [0.4, 0.5) is 11.4 Å². The fraction of sp³-hybridized carbons (Fsp3) is 0.222. The zero-order valence-corrected chi connectivity index (χ0v) is 19.0. The van der Waals surface area contributed by atoms with E-state index in [9.17, 15) is 14.4 Å². The highest BCUT2D eigenvalue weighted by molar-refractivity contribution is 6.05. The first kappa shape index (κ1) is 23.0. The lowest BCUT2D eigenvalue weighted by molar-refractivity contribution is -0.128. The zero-order chi connectivity index (χ0) is 23.9. The van der Waals surface area contributed by atoms with Crippen molar-refractivity contribution in [1.82, 2.24) is 4.90 Å². The number of hydrogen-bond donors (Lipinski definition) is 2. The number of carbonyl (C=O) groups excluding carboxylic acids is 3. The molecule has 7 nitrogen and oxygen atoms in total. The molecule has 1 fully saturated rings. The predicted molar refractivity (Wildman–Crippen MR) is 131 cm³/mol. The third-order valence-electron chi connectivity index (χ3n) is 5.87. The molecule has 3 amide bonds. The van der Waals surface area contributed by atoms with Crippen LogP contribution in [0.5, 0.6) is 5.75 Å². The minimum atomic E-state index is -0.392. The number of hydrogen-bond acceptors (Lipinski definition) is 4. The molecule has 3 aromatic carbocycles. The maximum absolute atomic E-state index is 12.7. The molecule has 0 radical (unpaired) electrons. The Bertz CT molecular complexity index is 1160. The zero-order valence-electron chi connectivity index (χ0n) is 19.0. The van der Waals surface area contributed by atoms with Gasteiger partial charge < -0.3 is 20.3 Å². The summed E-state index contributed by atoms with van der Waals surface area (Å²) >= 11 is 0. The summed E-state index contributed by atoms with van der Waals surface area (Å²) in [5.41, 5.74) is 2.77. The average Bonchev–Trinajstić information content (AvgIpc) is 3.24. The van der Waals surface area contributed by atoms with Crippen LogP contribution in [0.2, 0.25) is 0 Å². The van der Waals surface area contributed by atoms with Crippen LogP contribution >= 0.6 is 0 Å². The lowest BCUT2D eigenvalue weighted by Gasteiger charge is -2.16. The highest BCUT2D eigenvalue weighted by Crippen LogP contribution is 2.24. The molecule has 174 valence electrons. The van der Waals surface area contributed by atoms with E-state index in [1.54, 1.807) is 48.4 Å². The topological polar surface area (TPSA) is 87.7 Å². The molecule has 1 saturated heterocycles. The molecule has 0 aliphatic carbocycles. The van der Waals surface area contributed by atoms with Crippen molar-refractivity contribution < 1.29 is 19.1 Å². The van der Waals surface area contributed by atoms with Crippen LogP contribution in [0.3, 0.4) is 0 Å². The molecule has 0 aromatic heterocycles. The van der Waals surface area contributed by atoms with Gasteiger partial charge in [-0.25, -0.2) is 0 Å². The molecule has 7 heteroatoms. The Morgan fingerprint density at radius 3 is 2.38 bits per heavy atom. The number of para-hydroxylation sites is 2. The largest absolute Gasteiger partial charge is 0.495 e. The third-order valence-corrected chi connectivity index (χ3v) is 5.87. The molecular weight excluding hydrogens is 430 g/mol. The molecule has 0 unspecified atom stereocenters. The van der Waals surface area contributed by atoms with Crippen molar-refractivity contribution in [1.29, 1.82) is 0 Å². The number of anilines is 2. The predicted octanol–water partition coefficient (Wildman–Crippen LogP) is 3.98. The van der Waals surface area contributed by atoms with Crippen molar-refractivity contribution in [3.05, 3.63) is 90.0 Å². The summed E-state index contributed by atoms with van der Waals surface area (Å²) in [5.74, 6) is -0.292. The number of nitrogens with zero attached hydrogens (tertiary/aromatic N) is 1. The standard InChI is InChI=1S/C27H27N3O4/c1-34-24-10-6-5-9-23(24)29-26(32)20-11-13-22(14-12-20)28-27(33)21-17-25(31)30(18-21)16-15-19-7-3-2-4-8-19/h2-14,21H,15-18H2,1H3,(H,28,33)(H,29,32)/t21-/m0/s1. The quantitative estimate of drug-likeness (QED) is 0.536. The van der Waals surface area contributed by atoms with E-state index >= 15 is 0 Å². The number of benzene rings is 3. The van der Waals surface area contributed by atoms with Crippen LogP contribution in [0, 0.1) is 5.92 Å². The first-order chi connectivity index (χ1) is 16.5. The van der Waals surface area contributed by atoms with Crippen LogP contribution in [-0.4, -0.2) is 42.8 Å². The highest BCUT2D eigenvalue weighted by atomic mass is 16.5. The molecule has 0 spiro atoms. The fourth-order valence-electron chi connectivity index (χ4n) is 3.96. The lowest BCUT2D eigenvalue weighted by Crippen LogP contribution is -2.30. The van der Waals surface area contributed by atoms with Crippen molar-refractivity contribution in [2.45, 2.75) is 12.8 Å². The molecule has 3 aromatic rings. The third kappa shape index (κ3) is 5.61. The highest BCUT2D eigenvalue weighted by Gasteiger charge is 2.34. The van der Waals surface area contributed by atoms with Crippen LogP contribution in [0.15, 0.2) is 78.9 Å². The van der Waals surface area contributed by atoms with Gasteiger partial charge >= 0.3 is 0 Å². The van der Waals surface area contributed by atoms with Crippen molar-refractivity contribution in [3.8, 4) is 5.75 Å². The summed E-state index contributed by atoms with van der Waals surface area (Å²) in [6.45, 7) is 1.01. The van der Waals surface area contributed by atoms with E-state index in [1.165, 1.54) is 0 Å². The van der Waals surface area contributed by atoms with Gasteiger partial charge in [-0.3, -0.25) is 14.4 Å². The maximum atomic E-state index is 12.7. The lowest BCUT2D eigenvalue weighted by atomic mass is 10.1. The van der Waals surface area contributed by atoms with Gasteiger partial charge in [-0.05, 0) is 48.4 Å². The monoisotopic (exact) mass is 457 g/mol. The van der Waals surface area contributed by atoms with Gasteiger partial charge in [-0.2, -0.15) is 0 Å². The van der Waals surface area contributed by atoms with E-state index in [2.05, 4.69) is 10.6 Å². The molecule has 4 rings (SSSR count). The average molecular weight is 458 g/mol. The van der Waals surface area contributed by atoms with E-state index in [4.69, 9.17) is 4.74 Å². The first-order valence-electron chi connectivity index (χ1n) is 11.2. The smallest absolute Gasteiger partial charge is 0.255 e. The van der Waals surface area contributed by atoms with Crippen LogP contribution in [-0.2, 0) is 16.0 Å². The van der Waals surface area contributed by atoms with Gasteiger partial charge in [0.1, 0.15) is 5.75 Å². The van der Waals surface area contributed by atoms with Gasteiger partial charge in [0.05, 0.1) is 18.7 Å². The SMILES string of the molecule is COc1ccccc1NC(=O)c1ccc(NC(=O)[C@H]2CC(=O)N(CCc3ccccc3)C2)cc1. The summed E-state index contributed by atoms with van der Waals surface area (Å²) in [4.78, 5) is 39.4. The van der Waals surface area contributed by atoms with Crippen LogP contribution in [0.1, 0.15) is 22.3 Å². The Morgan fingerprint density at radius 1 is 0.941 bits per heavy atom. The molecule has 1 atom stereocenters. The molecule has 0 bridgehead atoms. The Labute approximate surface area is 198 Å². The van der Waals surface area contributed by atoms with E-state index in [1.807, 2.05) is 42.5 Å². The van der Waals surface area contributed by atoms with E-state index in [0.717, 1.165) is 12.0 Å². The number of rotatable bonds is 8. The molecule has 1 aliphatic rings. The summed E-state index contributed by atoms with van der Waals surface area (Å²) in [7, 11) is 1.54. The number of ether oxygens (including phenoxy) is 1. The second-order valence-electron chi connectivity index (χ2n) is 8.20. The first-order valence-corrected chi connectivity index (χ1v) is 11.2. The number of amides is 3. The van der Waals surface area contributed by atoms with E-state index in [0.29, 0.717) is 35.8 Å². The second kappa shape index (κ2) is 10.7. The van der Waals surface area contributed by atoms with Gasteiger partial charge in [0.25, 0.3) is 5.91 Å². The van der Waals surface area contributed by atoms with Crippen molar-refractivity contribution in [2.75, 3.05) is 30.8 Å². The van der Waals surface area contributed by atoms with Gasteiger partial charge in [0.15, 0.2) is 0 Å². The summed E-state index contributed by atoms with van der Waals surface area (Å²) < 4.78 is 5.26. The van der Waals surface area contributed by atoms with Crippen LogP contribution < -0.4 is 15.4 Å². The van der Waals surface area contributed by atoms with E-state index < -0.39 is 5.92 Å². The maximum Gasteiger partial charge on any atom is 0.255 e. The van der Waals surface area contributed by atoms with Crippen molar-refractivity contribution in [2.24, 2.45) is 5.92 Å². The van der Waals surface area contributed by atoms with Gasteiger partial charge in [0.2, 0.25) is 11.8 Å². The van der Waals surface area contributed by atoms with Gasteiger partial charge in [-0.15, -0.1) is 0 Å².